The zero-order chi connectivity index (χ0) is 12.4. The van der Waals surface area contributed by atoms with E-state index in [9.17, 15) is 0 Å². The molecular weight excluding hydrogens is 208 g/mol. The maximum absolute atomic E-state index is 8.77. The Bertz CT molecular complexity index is 120. The Labute approximate surface area is 87.9 Å². The van der Waals surface area contributed by atoms with Gasteiger partial charge in [0, 0.05) is 0 Å². The van der Waals surface area contributed by atoms with Crippen molar-refractivity contribution in [3.05, 3.63) is 0 Å². The minimum absolute atomic E-state index is 0.139. The highest BCUT2D eigenvalue weighted by molar-refractivity contribution is 4.73. The Morgan fingerprint density at radius 2 is 1.00 bits per heavy atom. The van der Waals surface area contributed by atoms with Gasteiger partial charge in [-0.3, -0.25) is 0 Å². The average molecular weight is 228 g/mol. The first-order valence-corrected chi connectivity index (χ1v) is 4.45. The van der Waals surface area contributed by atoms with Crippen molar-refractivity contribution in [3.63, 3.8) is 0 Å². The Hall–Kier alpha value is -0.280. The van der Waals surface area contributed by atoms with E-state index in [0.29, 0.717) is 0 Å². The summed E-state index contributed by atoms with van der Waals surface area (Å²) in [4.78, 5) is 0. The van der Waals surface area contributed by atoms with Crippen LogP contribution in [0, 0.1) is 0 Å². The van der Waals surface area contributed by atoms with Crippen LogP contribution in [0.3, 0.4) is 0 Å². The van der Waals surface area contributed by atoms with Crippen molar-refractivity contribution in [3.8, 4) is 0 Å². The van der Waals surface area contributed by atoms with E-state index in [4.69, 9.17) is 35.7 Å². The lowest BCUT2D eigenvalue weighted by Gasteiger charge is -2.19. The summed E-state index contributed by atoms with van der Waals surface area (Å²) >= 11 is 0. The fourth-order valence-electron chi connectivity index (χ4n) is 0.472. The molecule has 0 radical (unpaired) electrons. The molecule has 0 aromatic rings. The van der Waals surface area contributed by atoms with Crippen molar-refractivity contribution in [2.45, 2.75) is 31.3 Å². The number of aliphatic hydroxyl groups excluding tert-OH is 7. The van der Waals surface area contributed by atoms with E-state index >= 15 is 0 Å². The van der Waals surface area contributed by atoms with Crippen LogP contribution >= 0.6 is 0 Å². The van der Waals surface area contributed by atoms with Crippen LogP contribution in [0.25, 0.3) is 0 Å². The zero-order valence-corrected chi connectivity index (χ0v) is 8.56. The molecule has 0 aromatic carbocycles. The molecule has 7 N–H and O–H groups in total. The summed E-state index contributed by atoms with van der Waals surface area (Å²) in [5.41, 5.74) is 0. The van der Waals surface area contributed by atoms with Gasteiger partial charge in [-0.05, 0) is 6.92 Å². The summed E-state index contributed by atoms with van der Waals surface area (Å²) in [6.07, 6.45) is -4.85. The van der Waals surface area contributed by atoms with Gasteiger partial charge in [-0.1, -0.05) is 0 Å². The summed E-state index contributed by atoms with van der Waals surface area (Å²) in [7, 11) is 0. The van der Waals surface area contributed by atoms with Gasteiger partial charge in [0.15, 0.2) is 0 Å². The molecule has 0 aliphatic rings. The molecule has 7 heteroatoms. The third-order valence-electron chi connectivity index (χ3n) is 1.43. The lowest BCUT2D eigenvalue weighted by molar-refractivity contribution is -0.0900. The number of hydrogen-bond donors (Lipinski definition) is 7. The molecule has 0 spiro atoms. The third kappa shape index (κ3) is 10.0. The van der Waals surface area contributed by atoms with Crippen molar-refractivity contribution in [2.75, 3.05) is 19.8 Å². The van der Waals surface area contributed by atoms with E-state index in [2.05, 4.69) is 0 Å². The normalized spacial score (nSPS) is 18.4. The van der Waals surface area contributed by atoms with E-state index in [1.807, 2.05) is 0 Å². The van der Waals surface area contributed by atoms with Crippen molar-refractivity contribution in [2.24, 2.45) is 0 Å². The number of hydrogen-bond acceptors (Lipinski definition) is 7. The van der Waals surface area contributed by atoms with Crippen LogP contribution in [0.15, 0.2) is 0 Å². The smallest absolute Gasteiger partial charge is 0.110 e. The predicted octanol–water partition coefficient (Wildman–Crippen LogP) is -3.59. The van der Waals surface area contributed by atoms with Gasteiger partial charge < -0.3 is 35.7 Å². The molecule has 0 heterocycles. The van der Waals surface area contributed by atoms with Crippen molar-refractivity contribution in [1.82, 2.24) is 0 Å². The van der Waals surface area contributed by atoms with Gasteiger partial charge in [0.25, 0.3) is 0 Å². The van der Waals surface area contributed by atoms with E-state index < -0.39 is 37.6 Å². The first-order chi connectivity index (χ1) is 6.90. The number of rotatable bonds is 5. The SMILES string of the molecule is CC(O)CO.OCC(O)C(O)C(O)CO. The Kier molecular flexibility index (Phi) is 11.7. The molecule has 0 aliphatic carbocycles. The molecule has 15 heavy (non-hydrogen) atoms. The average Bonchev–Trinajstić information content (AvgIpc) is 2.26. The van der Waals surface area contributed by atoms with Crippen LogP contribution in [-0.4, -0.2) is 80.0 Å². The van der Waals surface area contributed by atoms with Crippen LogP contribution in [0.5, 0.6) is 0 Å². The molecule has 0 saturated carbocycles. The van der Waals surface area contributed by atoms with E-state index in [1.165, 1.54) is 6.92 Å². The summed E-state index contributed by atoms with van der Waals surface area (Å²) < 4.78 is 0. The second kappa shape index (κ2) is 10.2. The Balaban J connectivity index is 0. The van der Waals surface area contributed by atoms with Crippen LogP contribution < -0.4 is 0 Å². The van der Waals surface area contributed by atoms with Crippen molar-refractivity contribution in [1.29, 1.82) is 0 Å². The minimum Gasteiger partial charge on any atom is -0.394 e. The monoisotopic (exact) mass is 228 g/mol. The van der Waals surface area contributed by atoms with Gasteiger partial charge in [0.2, 0.25) is 0 Å². The van der Waals surface area contributed by atoms with Gasteiger partial charge in [0.05, 0.1) is 25.9 Å². The molecule has 7 nitrogen and oxygen atoms in total. The second-order valence-corrected chi connectivity index (χ2v) is 3.02. The molecule has 0 aliphatic heterocycles. The minimum atomic E-state index is -1.49. The lowest BCUT2D eigenvalue weighted by atomic mass is 10.1. The van der Waals surface area contributed by atoms with E-state index in [-0.39, 0.29) is 6.61 Å². The van der Waals surface area contributed by atoms with Crippen LogP contribution in [0.4, 0.5) is 0 Å². The maximum Gasteiger partial charge on any atom is 0.110 e. The van der Waals surface area contributed by atoms with Gasteiger partial charge in [-0.2, -0.15) is 0 Å². The molecule has 0 rings (SSSR count). The molecule has 0 bridgehead atoms. The summed E-state index contributed by atoms with van der Waals surface area (Å²) in [5.74, 6) is 0. The summed E-state index contributed by atoms with van der Waals surface area (Å²) in [6, 6.07) is 0. The first kappa shape index (κ1) is 17.1. The predicted molar refractivity (Wildman–Crippen MR) is 51.0 cm³/mol. The van der Waals surface area contributed by atoms with Crippen LogP contribution in [-0.2, 0) is 0 Å². The summed E-state index contributed by atoms with van der Waals surface area (Å²) in [5, 5.41) is 58.6. The Morgan fingerprint density at radius 1 is 0.733 bits per heavy atom. The molecule has 0 aromatic heterocycles. The molecule has 94 valence electrons. The van der Waals surface area contributed by atoms with E-state index in [0.717, 1.165) is 0 Å². The van der Waals surface area contributed by atoms with Gasteiger partial charge in [-0.25, -0.2) is 0 Å². The zero-order valence-electron chi connectivity index (χ0n) is 8.56. The standard InChI is InChI=1S/C5H12O5.C3H8O2/c6-1-3(8)5(10)4(9)2-7;1-3(5)2-4/h3-10H,1-2H2;3-5H,2H2,1H3. The largest absolute Gasteiger partial charge is 0.394 e. The highest BCUT2D eigenvalue weighted by atomic mass is 16.4. The fourth-order valence-corrected chi connectivity index (χ4v) is 0.472. The maximum atomic E-state index is 8.77. The molecular formula is C8H20O7. The highest BCUT2D eigenvalue weighted by Gasteiger charge is 2.22. The van der Waals surface area contributed by atoms with Crippen molar-refractivity contribution < 1.29 is 35.7 Å². The molecule has 3 unspecified atom stereocenters. The van der Waals surface area contributed by atoms with Crippen LogP contribution in [0.1, 0.15) is 6.92 Å². The molecule has 0 fully saturated rings. The number of aliphatic hydroxyl groups is 7. The topological polar surface area (TPSA) is 142 Å². The first-order valence-electron chi connectivity index (χ1n) is 4.45. The third-order valence-corrected chi connectivity index (χ3v) is 1.43. The lowest BCUT2D eigenvalue weighted by Crippen LogP contribution is -2.41. The van der Waals surface area contributed by atoms with E-state index in [1.54, 1.807) is 0 Å². The quantitative estimate of drug-likeness (QED) is 0.258. The highest BCUT2D eigenvalue weighted by Crippen LogP contribution is 1.97. The molecule has 3 atom stereocenters. The van der Waals surface area contributed by atoms with Crippen molar-refractivity contribution >= 4 is 0 Å². The fraction of sp³-hybridized carbons (Fsp3) is 1.00. The van der Waals surface area contributed by atoms with Gasteiger partial charge in [0.1, 0.15) is 18.3 Å². The van der Waals surface area contributed by atoms with Gasteiger partial charge in [-0.15, -0.1) is 0 Å². The van der Waals surface area contributed by atoms with Gasteiger partial charge >= 0.3 is 0 Å². The molecule has 0 saturated heterocycles. The van der Waals surface area contributed by atoms with Crippen LogP contribution in [0.2, 0.25) is 0 Å². The summed E-state index contributed by atoms with van der Waals surface area (Å²) in [6.45, 7) is 0.108. The second-order valence-electron chi connectivity index (χ2n) is 3.02. The Morgan fingerprint density at radius 3 is 1.13 bits per heavy atom. The molecule has 0 amide bonds.